The molecule has 0 fully saturated rings. The molecule has 3 aromatic heterocycles. The van der Waals surface area contributed by atoms with Crippen LogP contribution in [0.4, 0.5) is 0 Å². The van der Waals surface area contributed by atoms with E-state index in [0.717, 1.165) is 24.5 Å². The summed E-state index contributed by atoms with van der Waals surface area (Å²) in [4.78, 5) is 25.4. The van der Waals surface area contributed by atoms with Crippen molar-refractivity contribution < 1.29 is 0 Å². The molecule has 0 N–H and O–H groups in total. The van der Waals surface area contributed by atoms with Gasteiger partial charge in [0.1, 0.15) is 5.65 Å². The van der Waals surface area contributed by atoms with Gasteiger partial charge in [0.25, 0.3) is 5.56 Å². The minimum absolute atomic E-state index is 0.0161. The van der Waals surface area contributed by atoms with Crippen molar-refractivity contribution in [1.82, 2.24) is 19.3 Å². The monoisotopic (exact) mass is 382 g/mol. The molecule has 0 amide bonds. The first-order valence-electron chi connectivity index (χ1n) is 9.88. The first-order valence-corrected chi connectivity index (χ1v) is 9.88. The van der Waals surface area contributed by atoms with Crippen molar-refractivity contribution in [2.24, 2.45) is 0 Å². The summed E-state index contributed by atoms with van der Waals surface area (Å²) in [6.45, 7) is 5.77. The average molecular weight is 382 g/mol. The molecule has 0 saturated carbocycles. The summed E-state index contributed by atoms with van der Waals surface area (Å²) in [5, 5.41) is 0. The van der Waals surface area contributed by atoms with Crippen molar-refractivity contribution in [1.29, 1.82) is 0 Å². The van der Waals surface area contributed by atoms with Crippen LogP contribution in [-0.2, 0) is 13.1 Å². The molecule has 1 aliphatic heterocycles. The molecular formula is C24H22N4O. The number of pyridine rings is 2. The molecule has 29 heavy (non-hydrogen) atoms. The second-order valence-corrected chi connectivity index (χ2v) is 7.60. The van der Waals surface area contributed by atoms with E-state index in [4.69, 9.17) is 4.98 Å². The molecule has 1 unspecified atom stereocenters. The van der Waals surface area contributed by atoms with Crippen LogP contribution in [0.25, 0.3) is 16.9 Å². The molecule has 144 valence electrons. The number of aryl methyl sites for hydroxylation is 1. The number of fused-ring (bicyclic) bond motifs is 2. The fraction of sp³-hybridized carbons (Fsp3) is 0.208. The number of nitrogens with zero attached hydrogens (tertiary/aromatic N) is 4. The van der Waals surface area contributed by atoms with Gasteiger partial charge >= 0.3 is 0 Å². The van der Waals surface area contributed by atoms with Gasteiger partial charge in [-0.15, -0.1) is 0 Å². The highest BCUT2D eigenvalue weighted by atomic mass is 16.1. The Morgan fingerprint density at radius 1 is 0.931 bits per heavy atom. The zero-order chi connectivity index (χ0) is 20.0. The number of hydrogen-bond donors (Lipinski definition) is 0. The lowest BCUT2D eigenvalue weighted by Gasteiger charge is -2.25. The van der Waals surface area contributed by atoms with Gasteiger partial charge in [-0.1, -0.05) is 36.4 Å². The SMILES string of the molecule is Cc1cccc2nc(C(C)N3Cc4ccccc4C3)c(-c3ccccn3)c(=O)n12. The normalized spacial score (nSPS) is 14.8. The Morgan fingerprint density at radius 2 is 1.66 bits per heavy atom. The molecule has 0 spiro atoms. The van der Waals surface area contributed by atoms with E-state index in [2.05, 4.69) is 41.1 Å². The Bertz CT molecular complexity index is 1240. The highest BCUT2D eigenvalue weighted by molar-refractivity contribution is 5.64. The van der Waals surface area contributed by atoms with Crippen LogP contribution in [0.15, 0.2) is 71.7 Å². The maximum atomic E-state index is 13.6. The molecule has 0 aliphatic carbocycles. The van der Waals surface area contributed by atoms with Gasteiger partial charge in [-0.25, -0.2) is 4.98 Å². The van der Waals surface area contributed by atoms with E-state index in [0.29, 0.717) is 16.9 Å². The van der Waals surface area contributed by atoms with Crippen LogP contribution in [0.1, 0.15) is 35.5 Å². The van der Waals surface area contributed by atoms with Crippen LogP contribution in [0, 0.1) is 6.92 Å². The van der Waals surface area contributed by atoms with E-state index in [-0.39, 0.29) is 11.6 Å². The van der Waals surface area contributed by atoms with Gasteiger partial charge in [-0.2, -0.15) is 0 Å². The molecule has 5 rings (SSSR count). The van der Waals surface area contributed by atoms with Crippen LogP contribution >= 0.6 is 0 Å². The zero-order valence-electron chi connectivity index (χ0n) is 16.5. The van der Waals surface area contributed by atoms with Gasteiger partial charge in [0.15, 0.2) is 0 Å². The van der Waals surface area contributed by atoms with Crippen molar-refractivity contribution in [2.45, 2.75) is 33.0 Å². The zero-order valence-corrected chi connectivity index (χ0v) is 16.5. The molecular weight excluding hydrogens is 360 g/mol. The van der Waals surface area contributed by atoms with E-state index in [1.807, 2.05) is 43.3 Å². The highest BCUT2D eigenvalue weighted by Gasteiger charge is 2.28. The summed E-state index contributed by atoms with van der Waals surface area (Å²) >= 11 is 0. The maximum absolute atomic E-state index is 13.6. The number of benzene rings is 1. The summed E-state index contributed by atoms with van der Waals surface area (Å²) in [6, 6.07) is 19.9. The largest absolute Gasteiger partial charge is 0.286 e. The lowest BCUT2D eigenvalue weighted by molar-refractivity contribution is 0.211. The lowest BCUT2D eigenvalue weighted by Crippen LogP contribution is -2.28. The van der Waals surface area contributed by atoms with Gasteiger partial charge in [0.2, 0.25) is 0 Å². The number of hydrogen-bond acceptors (Lipinski definition) is 4. The molecule has 1 aromatic carbocycles. The first kappa shape index (κ1) is 17.8. The van der Waals surface area contributed by atoms with Crippen LogP contribution in [0.5, 0.6) is 0 Å². The number of aromatic nitrogens is 3. The van der Waals surface area contributed by atoms with Crippen molar-refractivity contribution in [3.05, 3.63) is 99.7 Å². The Kier molecular flexibility index (Phi) is 4.25. The van der Waals surface area contributed by atoms with Crippen LogP contribution in [-0.4, -0.2) is 19.3 Å². The van der Waals surface area contributed by atoms with Crippen LogP contribution in [0.3, 0.4) is 0 Å². The molecule has 4 aromatic rings. The topological polar surface area (TPSA) is 50.5 Å². The Balaban J connectivity index is 1.70. The van der Waals surface area contributed by atoms with E-state index < -0.39 is 0 Å². The molecule has 5 nitrogen and oxygen atoms in total. The third kappa shape index (κ3) is 2.95. The first-order chi connectivity index (χ1) is 14.1. The second kappa shape index (κ2) is 6.94. The van der Waals surface area contributed by atoms with Gasteiger partial charge in [0.05, 0.1) is 23.0 Å². The summed E-state index contributed by atoms with van der Waals surface area (Å²) in [7, 11) is 0. The quantitative estimate of drug-likeness (QED) is 0.534. The standard InChI is InChI=1S/C24H22N4O/c1-16-8-7-12-21-26-23(17(2)27-14-18-9-3-4-10-19(18)15-27)22(24(29)28(16)21)20-11-5-6-13-25-20/h3-13,17H,14-15H2,1-2H3. The number of rotatable bonds is 3. The second-order valence-electron chi connectivity index (χ2n) is 7.60. The van der Waals surface area contributed by atoms with E-state index in [1.165, 1.54) is 11.1 Å². The summed E-state index contributed by atoms with van der Waals surface area (Å²) < 4.78 is 1.68. The molecule has 1 atom stereocenters. The summed E-state index contributed by atoms with van der Waals surface area (Å²) in [5.41, 5.74) is 6.19. The fourth-order valence-electron chi connectivity index (χ4n) is 4.22. The van der Waals surface area contributed by atoms with E-state index in [1.54, 1.807) is 10.6 Å². The Hall–Kier alpha value is -3.31. The van der Waals surface area contributed by atoms with Crippen molar-refractivity contribution in [3.63, 3.8) is 0 Å². The molecule has 0 bridgehead atoms. The summed E-state index contributed by atoms with van der Waals surface area (Å²) in [6.07, 6.45) is 1.72. The third-order valence-electron chi connectivity index (χ3n) is 5.80. The van der Waals surface area contributed by atoms with Crippen LogP contribution in [0.2, 0.25) is 0 Å². The Labute approximate surface area is 169 Å². The highest BCUT2D eigenvalue weighted by Crippen LogP contribution is 2.33. The predicted octanol–water partition coefficient (Wildman–Crippen LogP) is 4.14. The van der Waals surface area contributed by atoms with Gasteiger partial charge in [-0.05, 0) is 49.2 Å². The van der Waals surface area contributed by atoms with Crippen LogP contribution < -0.4 is 5.56 Å². The van der Waals surface area contributed by atoms with Gasteiger partial charge in [0, 0.05) is 25.0 Å². The average Bonchev–Trinajstić information content (AvgIpc) is 3.18. The lowest BCUT2D eigenvalue weighted by atomic mass is 10.0. The molecule has 4 heterocycles. The van der Waals surface area contributed by atoms with Crippen molar-refractivity contribution in [3.8, 4) is 11.3 Å². The van der Waals surface area contributed by atoms with E-state index in [9.17, 15) is 4.79 Å². The van der Waals surface area contributed by atoms with E-state index >= 15 is 0 Å². The minimum atomic E-state index is -0.0645. The molecule has 0 saturated heterocycles. The molecule has 0 radical (unpaired) electrons. The predicted molar refractivity (Wildman–Crippen MR) is 114 cm³/mol. The van der Waals surface area contributed by atoms with Gasteiger partial charge in [-0.3, -0.25) is 19.1 Å². The molecule has 1 aliphatic rings. The van der Waals surface area contributed by atoms with Crippen molar-refractivity contribution >= 4 is 5.65 Å². The summed E-state index contributed by atoms with van der Waals surface area (Å²) in [5.74, 6) is 0. The maximum Gasteiger partial charge on any atom is 0.267 e. The fourth-order valence-corrected chi connectivity index (χ4v) is 4.22. The molecule has 5 heteroatoms. The third-order valence-corrected chi connectivity index (χ3v) is 5.80. The van der Waals surface area contributed by atoms with Crippen molar-refractivity contribution in [2.75, 3.05) is 0 Å². The smallest absolute Gasteiger partial charge is 0.267 e. The Morgan fingerprint density at radius 3 is 2.34 bits per heavy atom. The minimum Gasteiger partial charge on any atom is -0.286 e. The van der Waals surface area contributed by atoms with Gasteiger partial charge < -0.3 is 0 Å².